The quantitative estimate of drug-likeness (QED) is 0.236. The Labute approximate surface area is 211 Å². The van der Waals surface area contributed by atoms with Crippen LogP contribution in [0.2, 0.25) is 0 Å². The lowest BCUT2D eigenvalue weighted by Crippen LogP contribution is -2.39. The maximum absolute atomic E-state index is 13.7. The van der Waals surface area contributed by atoms with Gasteiger partial charge >= 0.3 is 6.18 Å². The van der Waals surface area contributed by atoms with Gasteiger partial charge in [-0.15, -0.1) is 0 Å². The molecule has 0 radical (unpaired) electrons. The van der Waals surface area contributed by atoms with Crippen molar-refractivity contribution in [2.45, 2.75) is 32.0 Å². The van der Waals surface area contributed by atoms with Gasteiger partial charge < -0.3 is 20.1 Å². The molecule has 0 aliphatic rings. The van der Waals surface area contributed by atoms with Gasteiger partial charge in [0.25, 0.3) is 5.91 Å². The molecule has 0 saturated heterocycles. The van der Waals surface area contributed by atoms with E-state index >= 15 is 0 Å². The second-order valence-corrected chi connectivity index (χ2v) is 8.70. The highest BCUT2D eigenvalue weighted by Crippen LogP contribution is 2.33. The first kappa shape index (κ1) is 26.2. The number of aliphatic hydroxyl groups excluding tert-OH is 1. The normalized spacial score (nSPS) is 12.5. The van der Waals surface area contributed by atoms with Crippen molar-refractivity contribution in [2.24, 2.45) is 0 Å². The second-order valence-electron chi connectivity index (χ2n) is 8.70. The van der Waals surface area contributed by atoms with Crippen molar-refractivity contribution in [3.05, 3.63) is 89.4 Å². The zero-order valence-electron chi connectivity index (χ0n) is 20.0. The van der Waals surface area contributed by atoms with E-state index in [2.05, 4.69) is 10.3 Å². The number of ether oxygens (including phenoxy) is 1. The fourth-order valence-corrected chi connectivity index (χ4v) is 4.11. The van der Waals surface area contributed by atoms with Gasteiger partial charge in [0.05, 0.1) is 30.4 Å². The van der Waals surface area contributed by atoms with Gasteiger partial charge in [0, 0.05) is 17.1 Å². The number of benzene rings is 3. The van der Waals surface area contributed by atoms with Crippen molar-refractivity contribution in [1.29, 1.82) is 0 Å². The third-order valence-electron chi connectivity index (χ3n) is 5.96. The minimum absolute atomic E-state index is 0.131. The lowest BCUT2D eigenvalue weighted by atomic mass is 9.99. The van der Waals surface area contributed by atoms with E-state index in [-0.39, 0.29) is 24.3 Å². The molecule has 0 fully saturated rings. The zero-order valence-corrected chi connectivity index (χ0v) is 20.0. The van der Waals surface area contributed by atoms with Gasteiger partial charge in [-0.25, -0.2) is 4.39 Å². The Hall–Kier alpha value is -3.85. The van der Waals surface area contributed by atoms with Crippen LogP contribution in [0.1, 0.15) is 34.8 Å². The number of hydrogen-bond acceptors (Lipinski definition) is 3. The molecule has 37 heavy (non-hydrogen) atoms. The third kappa shape index (κ3) is 6.11. The molecule has 4 aromatic rings. The summed E-state index contributed by atoms with van der Waals surface area (Å²) in [6, 6.07) is 13.1. The average Bonchev–Trinajstić information content (AvgIpc) is 3.28. The number of aromatic nitrogens is 1. The molecule has 194 valence electrons. The Kier molecular flexibility index (Phi) is 7.83. The highest BCUT2D eigenvalue weighted by atomic mass is 19.4. The number of nitrogens with one attached hydrogen (secondary N) is 2. The Morgan fingerprint density at radius 1 is 1.08 bits per heavy atom. The van der Waals surface area contributed by atoms with Gasteiger partial charge in [-0.1, -0.05) is 25.1 Å². The van der Waals surface area contributed by atoms with Crippen molar-refractivity contribution in [3.8, 4) is 16.9 Å². The summed E-state index contributed by atoms with van der Waals surface area (Å²) in [7, 11) is 0. The summed E-state index contributed by atoms with van der Waals surface area (Å²) in [5.74, 6) is -0.673. The Bertz CT molecular complexity index is 1400. The lowest BCUT2D eigenvalue weighted by molar-refractivity contribution is -0.137. The molecule has 0 aliphatic heterocycles. The molecular weight excluding hydrogens is 488 g/mol. The number of rotatable bonds is 9. The van der Waals surface area contributed by atoms with Crippen LogP contribution in [0.4, 0.5) is 17.6 Å². The van der Waals surface area contributed by atoms with Crippen molar-refractivity contribution in [3.63, 3.8) is 0 Å². The van der Waals surface area contributed by atoms with E-state index in [1.54, 1.807) is 24.4 Å². The van der Waals surface area contributed by atoms with Crippen LogP contribution >= 0.6 is 0 Å². The summed E-state index contributed by atoms with van der Waals surface area (Å²) >= 11 is 0. The Balaban J connectivity index is 1.62. The van der Waals surface area contributed by atoms with Crippen molar-refractivity contribution in [2.75, 3.05) is 13.2 Å². The molecule has 0 saturated carbocycles. The predicted octanol–water partition coefficient (Wildman–Crippen LogP) is 6.12. The fourth-order valence-electron chi connectivity index (χ4n) is 4.11. The van der Waals surface area contributed by atoms with Crippen LogP contribution in [0, 0.1) is 5.82 Å². The third-order valence-corrected chi connectivity index (χ3v) is 5.96. The highest BCUT2D eigenvalue weighted by Gasteiger charge is 2.30. The molecule has 3 aromatic carbocycles. The Morgan fingerprint density at radius 2 is 1.86 bits per heavy atom. The molecule has 0 aliphatic carbocycles. The van der Waals surface area contributed by atoms with Gasteiger partial charge in [0.15, 0.2) is 0 Å². The molecular formula is C28H26F4N2O3. The zero-order chi connectivity index (χ0) is 26.6. The SMILES string of the molecule is CCCOc1ccc(-c2cccc(C(F)(F)F)c2)cc1C(=O)NC(CO)Cc1c[nH]c2ccc(F)cc12. The molecule has 1 heterocycles. The number of hydrogen-bond donors (Lipinski definition) is 3. The van der Waals surface area contributed by atoms with Crippen LogP contribution in [-0.2, 0) is 12.6 Å². The summed E-state index contributed by atoms with van der Waals surface area (Å²) in [5, 5.41) is 13.4. The minimum atomic E-state index is -4.50. The van der Waals surface area contributed by atoms with Gasteiger partial charge in [0.2, 0.25) is 0 Å². The summed E-state index contributed by atoms with van der Waals surface area (Å²) in [4.78, 5) is 16.3. The number of fused-ring (bicyclic) bond motifs is 1. The van der Waals surface area contributed by atoms with Crippen molar-refractivity contribution >= 4 is 16.8 Å². The average molecular weight is 515 g/mol. The highest BCUT2D eigenvalue weighted by molar-refractivity contribution is 5.98. The number of amides is 1. The number of carbonyl (C=O) groups is 1. The summed E-state index contributed by atoms with van der Waals surface area (Å²) in [6.07, 6.45) is -1.89. The van der Waals surface area contributed by atoms with Crippen LogP contribution in [0.5, 0.6) is 5.75 Å². The first-order valence-electron chi connectivity index (χ1n) is 11.8. The first-order chi connectivity index (χ1) is 17.7. The summed E-state index contributed by atoms with van der Waals surface area (Å²) in [5.41, 5.74) is 1.49. The standard InChI is InChI=1S/C28H26F4N2O3/c1-2-10-37-26-9-6-18(17-4-3-5-20(11-17)28(30,31)32)13-24(26)27(36)34-22(16-35)12-19-15-33-25-8-7-21(29)14-23(19)25/h3-9,11,13-15,22,33,35H,2,10,12,16H2,1H3,(H,34,36). The molecule has 1 atom stereocenters. The van der Waals surface area contributed by atoms with Crippen LogP contribution in [0.15, 0.2) is 66.9 Å². The number of H-pyrrole nitrogens is 1. The van der Waals surface area contributed by atoms with Gasteiger partial charge in [-0.2, -0.15) is 13.2 Å². The van der Waals surface area contributed by atoms with E-state index in [9.17, 15) is 27.5 Å². The van der Waals surface area contributed by atoms with Gasteiger partial charge in [0.1, 0.15) is 11.6 Å². The van der Waals surface area contributed by atoms with Gasteiger partial charge in [-0.05, 0) is 72.0 Å². The van der Waals surface area contributed by atoms with E-state index in [4.69, 9.17) is 4.74 Å². The van der Waals surface area contributed by atoms with E-state index in [0.717, 1.165) is 17.6 Å². The largest absolute Gasteiger partial charge is 0.493 e. The molecule has 1 amide bonds. The smallest absolute Gasteiger partial charge is 0.416 e. The molecule has 5 nitrogen and oxygen atoms in total. The predicted molar refractivity (Wildman–Crippen MR) is 133 cm³/mol. The minimum Gasteiger partial charge on any atom is -0.493 e. The van der Waals surface area contributed by atoms with Crippen LogP contribution in [0.3, 0.4) is 0 Å². The molecule has 3 N–H and O–H groups in total. The van der Waals surface area contributed by atoms with Crippen LogP contribution in [-0.4, -0.2) is 35.3 Å². The van der Waals surface area contributed by atoms with Crippen molar-refractivity contribution in [1.82, 2.24) is 10.3 Å². The summed E-state index contributed by atoms with van der Waals surface area (Å²) < 4.78 is 59.1. The topological polar surface area (TPSA) is 74.3 Å². The maximum atomic E-state index is 13.7. The Morgan fingerprint density at radius 3 is 2.59 bits per heavy atom. The van der Waals surface area contributed by atoms with E-state index in [1.165, 1.54) is 30.3 Å². The van der Waals surface area contributed by atoms with E-state index < -0.39 is 29.5 Å². The maximum Gasteiger partial charge on any atom is 0.416 e. The number of carbonyl (C=O) groups excluding carboxylic acids is 1. The molecule has 1 unspecified atom stereocenters. The van der Waals surface area contributed by atoms with Crippen molar-refractivity contribution < 1.29 is 32.2 Å². The van der Waals surface area contributed by atoms with E-state index in [1.807, 2.05) is 6.92 Å². The monoisotopic (exact) mass is 514 g/mol. The number of alkyl halides is 3. The first-order valence-corrected chi connectivity index (χ1v) is 11.8. The molecule has 1 aromatic heterocycles. The molecule has 9 heteroatoms. The van der Waals surface area contributed by atoms with Crippen LogP contribution in [0.25, 0.3) is 22.0 Å². The fraction of sp³-hybridized carbons (Fsp3) is 0.250. The summed E-state index contributed by atoms with van der Waals surface area (Å²) in [6.45, 7) is 1.86. The molecule has 0 spiro atoms. The van der Waals surface area contributed by atoms with Gasteiger partial charge in [-0.3, -0.25) is 4.79 Å². The number of aliphatic hydroxyl groups is 1. The second kappa shape index (κ2) is 11.0. The lowest BCUT2D eigenvalue weighted by Gasteiger charge is -2.18. The molecule has 0 bridgehead atoms. The number of halogens is 4. The van der Waals surface area contributed by atoms with E-state index in [0.29, 0.717) is 35.1 Å². The van der Waals surface area contributed by atoms with Crippen LogP contribution < -0.4 is 10.1 Å². The number of aromatic amines is 1. The molecule has 4 rings (SSSR count).